The fourth-order valence-corrected chi connectivity index (χ4v) is 3.89. The van der Waals surface area contributed by atoms with Crippen molar-refractivity contribution in [2.75, 3.05) is 0 Å². The molecule has 0 bridgehead atoms. The summed E-state index contributed by atoms with van der Waals surface area (Å²) >= 11 is 3.56. The summed E-state index contributed by atoms with van der Waals surface area (Å²) in [6.07, 6.45) is 9.29. The van der Waals surface area contributed by atoms with Crippen molar-refractivity contribution < 1.29 is 9.13 Å². The molecular weight excluding hydrogens is 393 g/mol. The predicted octanol–water partition coefficient (Wildman–Crippen LogP) is 6.37. The van der Waals surface area contributed by atoms with Crippen molar-refractivity contribution in [3.63, 3.8) is 0 Å². The Kier molecular flexibility index (Phi) is 7.51. The molecule has 140 valence electrons. The maximum absolute atomic E-state index is 13.0. The molecule has 0 aliphatic heterocycles. The van der Waals surface area contributed by atoms with Crippen LogP contribution in [0.5, 0.6) is 5.75 Å². The number of nitrogens with one attached hydrogen (secondary N) is 1. The molecule has 4 heteroatoms. The molecule has 0 radical (unpaired) electrons. The van der Waals surface area contributed by atoms with Gasteiger partial charge in [-0.3, -0.25) is 0 Å². The van der Waals surface area contributed by atoms with E-state index in [-0.39, 0.29) is 5.82 Å². The van der Waals surface area contributed by atoms with Crippen LogP contribution in [0.3, 0.4) is 0 Å². The minimum absolute atomic E-state index is 0.221. The average molecular weight is 420 g/mol. The van der Waals surface area contributed by atoms with Gasteiger partial charge >= 0.3 is 0 Å². The first-order valence-electron chi connectivity index (χ1n) is 9.60. The van der Waals surface area contributed by atoms with Crippen LogP contribution < -0.4 is 10.1 Å². The molecule has 2 nitrogen and oxygen atoms in total. The van der Waals surface area contributed by atoms with Gasteiger partial charge in [0.25, 0.3) is 0 Å². The third-order valence-corrected chi connectivity index (χ3v) is 5.51. The first kappa shape index (κ1) is 19.4. The largest absolute Gasteiger partial charge is 0.489 e. The van der Waals surface area contributed by atoms with Crippen molar-refractivity contribution in [3.8, 4) is 5.75 Å². The standard InChI is InChI=1S/C22H27BrFNO/c23-19-10-13-22(26-16-17-8-11-20(24)12-9-17)18(14-19)15-25-21-6-4-2-1-3-5-7-21/h8-14,21,25H,1-7,15-16H2. The van der Waals surface area contributed by atoms with Gasteiger partial charge in [0.15, 0.2) is 0 Å². The number of halogens is 2. The fraction of sp³-hybridized carbons (Fsp3) is 0.455. The van der Waals surface area contributed by atoms with E-state index >= 15 is 0 Å². The fourth-order valence-electron chi connectivity index (χ4n) is 3.48. The maximum Gasteiger partial charge on any atom is 0.124 e. The van der Waals surface area contributed by atoms with E-state index in [2.05, 4.69) is 27.3 Å². The molecule has 0 atom stereocenters. The van der Waals surface area contributed by atoms with Crippen molar-refractivity contribution in [3.05, 3.63) is 63.9 Å². The zero-order chi connectivity index (χ0) is 18.2. The monoisotopic (exact) mass is 419 g/mol. The van der Waals surface area contributed by atoms with E-state index in [9.17, 15) is 4.39 Å². The van der Waals surface area contributed by atoms with Crippen molar-refractivity contribution in [1.29, 1.82) is 0 Å². The molecule has 1 aliphatic carbocycles. The molecule has 0 saturated heterocycles. The summed E-state index contributed by atoms with van der Waals surface area (Å²) in [7, 11) is 0. The van der Waals surface area contributed by atoms with Gasteiger partial charge in [-0.2, -0.15) is 0 Å². The second-order valence-electron chi connectivity index (χ2n) is 7.09. The van der Waals surface area contributed by atoms with Gasteiger partial charge in [0.2, 0.25) is 0 Å². The number of benzene rings is 2. The molecular formula is C22H27BrFNO. The Morgan fingerprint density at radius 3 is 2.38 bits per heavy atom. The minimum Gasteiger partial charge on any atom is -0.489 e. The van der Waals surface area contributed by atoms with E-state index in [1.165, 1.54) is 57.1 Å². The van der Waals surface area contributed by atoms with Crippen LogP contribution in [-0.2, 0) is 13.2 Å². The summed E-state index contributed by atoms with van der Waals surface area (Å²) in [4.78, 5) is 0. The van der Waals surface area contributed by atoms with Gasteiger partial charge in [-0.1, -0.05) is 60.2 Å². The van der Waals surface area contributed by atoms with Crippen LogP contribution in [-0.4, -0.2) is 6.04 Å². The Labute approximate surface area is 164 Å². The van der Waals surface area contributed by atoms with E-state index in [4.69, 9.17) is 4.74 Å². The number of ether oxygens (including phenoxy) is 1. The average Bonchev–Trinajstić information content (AvgIpc) is 2.61. The number of rotatable bonds is 6. The zero-order valence-electron chi connectivity index (χ0n) is 15.1. The quantitative estimate of drug-likeness (QED) is 0.586. The molecule has 26 heavy (non-hydrogen) atoms. The van der Waals surface area contributed by atoms with Crippen molar-refractivity contribution >= 4 is 15.9 Å². The van der Waals surface area contributed by atoms with Crippen LogP contribution in [0.2, 0.25) is 0 Å². The maximum atomic E-state index is 13.0. The highest BCUT2D eigenvalue weighted by atomic mass is 79.9. The molecule has 3 rings (SSSR count). The van der Waals surface area contributed by atoms with Gasteiger partial charge in [0, 0.05) is 22.6 Å². The molecule has 2 aromatic carbocycles. The van der Waals surface area contributed by atoms with Crippen LogP contribution in [0.4, 0.5) is 4.39 Å². The summed E-state index contributed by atoms with van der Waals surface area (Å²) < 4.78 is 20.1. The summed E-state index contributed by atoms with van der Waals surface area (Å²) in [6, 6.07) is 13.2. The van der Waals surface area contributed by atoms with Crippen LogP contribution in [0.1, 0.15) is 56.1 Å². The van der Waals surface area contributed by atoms with Gasteiger partial charge in [-0.05, 0) is 48.7 Å². The Balaban J connectivity index is 1.60. The molecule has 0 heterocycles. The van der Waals surface area contributed by atoms with Crippen LogP contribution in [0, 0.1) is 5.82 Å². The lowest BCUT2D eigenvalue weighted by molar-refractivity contribution is 0.300. The van der Waals surface area contributed by atoms with Gasteiger partial charge in [0.1, 0.15) is 18.2 Å². The van der Waals surface area contributed by atoms with Gasteiger partial charge in [-0.15, -0.1) is 0 Å². The van der Waals surface area contributed by atoms with Crippen LogP contribution in [0.15, 0.2) is 46.9 Å². The van der Waals surface area contributed by atoms with Crippen LogP contribution >= 0.6 is 15.9 Å². The topological polar surface area (TPSA) is 21.3 Å². The lowest BCUT2D eigenvalue weighted by Crippen LogP contribution is -2.29. The third kappa shape index (κ3) is 6.10. The van der Waals surface area contributed by atoms with E-state index in [1.54, 1.807) is 12.1 Å². The number of hydrogen-bond acceptors (Lipinski definition) is 2. The molecule has 0 amide bonds. The second-order valence-corrected chi connectivity index (χ2v) is 8.01. The highest BCUT2D eigenvalue weighted by Crippen LogP contribution is 2.25. The SMILES string of the molecule is Fc1ccc(COc2ccc(Br)cc2CNC2CCCCCCC2)cc1. The second kappa shape index (κ2) is 10.1. The Morgan fingerprint density at radius 2 is 1.65 bits per heavy atom. The normalized spacial score (nSPS) is 16.1. The minimum atomic E-state index is -0.221. The smallest absolute Gasteiger partial charge is 0.124 e. The molecule has 0 spiro atoms. The number of hydrogen-bond donors (Lipinski definition) is 1. The zero-order valence-corrected chi connectivity index (χ0v) is 16.7. The lowest BCUT2D eigenvalue weighted by Gasteiger charge is -2.22. The Morgan fingerprint density at radius 1 is 0.962 bits per heavy atom. The summed E-state index contributed by atoms with van der Waals surface area (Å²) in [5.41, 5.74) is 2.12. The molecule has 0 aromatic heterocycles. The summed E-state index contributed by atoms with van der Waals surface area (Å²) in [5, 5.41) is 3.73. The molecule has 2 aromatic rings. The highest BCUT2D eigenvalue weighted by molar-refractivity contribution is 9.10. The predicted molar refractivity (Wildman–Crippen MR) is 108 cm³/mol. The van der Waals surface area contributed by atoms with Crippen LogP contribution in [0.25, 0.3) is 0 Å². The lowest BCUT2D eigenvalue weighted by atomic mass is 9.96. The van der Waals surface area contributed by atoms with E-state index < -0.39 is 0 Å². The molecule has 1 aliphatic rings. The highest BCUT2D eigenvalue weighted by Gasteiger charge is 2.12. The van der Waals surface area contributed by atoms with E-state index in [0.717, 1.165) is 27.9 Å². The Hall–Kier alpha value is -1.39. The van der Waals surface area contributed by atoms with E-state index in [0.29, 0.717) is 12.6 Å². The first-order chi connectivity index (χ1) is 12.7. The molecule has 1 N–H and O–H groups in total. The van der Waals surface area contributed by atoms with Crippen molar-refractivity contribution in [1.82, 2.24) is 5.32 Å². The molecule has 1 fully saturated rings. The van der Waals surface area contributed by atoms with Crippen molar-refractivity contribution in [2.45, 2.75) is 64.1 Å². The van der Waals surface area contributed by atoms with Gasteiger partial charge < -0.3 is 10.1 Å². The Bertz CT molecular complexity index is 681. The molecule has 1 saturated carbocycles. The molecule has 0 unspecified atom stereocenters. The summed E-state index contributed by atoms with van der Waals surface area (Å²) in [5.74, 6) is 0.664. The van der Waals surface area contributed by atoms with Crippen molar-refractivity contribution in [2.24, 2.45) is 0 Å². The summed E-state index contributed by atoms with van der Waals surface area (Å²) in [6.45, 7) is 1.25. The first-order valence-corrected chi connectivity index (χ1v) is 10.4. The van der Waals surface area contributed by atoms with E-state index in [1.807, 2.05) is 12.1 Å². The third-order valence-electron chi connectivity index (χ3n) is 5.02. The van der Waals surface area contributed by atoms with Gasteiger partial charge in [-0.25, -0.2) is 4.39 Å². The van der Waals surface area contributed by atoms with Gasteiger partial charge in [0.05, 0.1) is 0 Å².